The quantitative estimate of drug-likeness (QED) is 0.779. The summed E-state index contributed by atoms with van der Waals surface area (Å²) in [6.07, 6.45) is 7.84. The number of aromatic nitrogens is 4. The van der Waals surface area contributed by atoms with Crippen molar-refractivity contribution >= 4 is 17.4 Å². The van der Waals surface area contributed by atoms with E-state index in [1.807, 2.05) is 0 Å². The number of amides is 2. The second-order valence-electron chi connectivity index (χ2n) is 4.73. The van der Waals surface area contributed by atoms with E-state index in [-0.39, 0.29) is 5.82 Å². The van der Waals surface area contributed by atoms with Gasteiger partial charge in [0.2, 0.25) is 5.95 Å². The Morgan fingerprint density at radius 3 is 2.70 bits per heavy atom. The molecule has 23 heavy (non-hydrogen) atoms. The van der Waals surface area contributed by atoms with Crippen molar-refractivity contribution in [2.75, 3.05) is 10.6 Å². The van der Waals surface area contributed by atoms with E-state index in [4.69, 9.17) is 0 Å². The van der Waals surface area contributed by atoms with E-state index in [2.05, 4.69) is 25.6 Å². The molecule has 0 aliphatic rings. The van der Waals surface area contributed by atoms with Crippen LogP contribution in [0.4, 0.5) is 20.6 Å². The molecule has 0 radical (unpaired) electrons. The summed E-state index contributed by atoms with van der Waals surface area (Å²) in [6, 6.07) is 3.98. The second kappa shape index (κ2) is 6.22. The zero-order valence-electron chi connectivity index (χ0n) is 12.2. The SMILES string of the molecule is Cc1c(F)cccc1NC(=O)Nc1cnc(-n2ccnc2)nc1. The summed E-state index contributed by atoms with van der Waals surface area (Å²) in [6.45, 7) is 1.59. The number of nitrogens with one attached hydrogen (secondary N) is 2. The number of hydrogen-bond acceptors (Lipinski definition) is 4. The third-order valence-electron chi connectivity index (χ3n) is 3.15. The lowest BCUT2D eigenvalue weighted by atomic mass is 10.2. The molecule has 3 aromatic rings. The van der Waals surface area contributed by atoms with Crippen LogP contribution < -0.4 is 10.6 Å². The van der Waals surface area contributed by atoms with Gasteiger partial charge in [-0.3, -0.25) is 4.57 Å². The van der Waals surface area contributed by atoms with Crippen LogP contribution in [0.15, 0.2) is 49.3 Å². The average molecular weight is 312 g/mol. The molecule has 7 nitrogen and oxygen atoms in total. The van der Waals surface area contributed by atoms with Gasteiger partial charge in [-0.15, -0.1) is 0 Å². The highest BCUT2D eigenvalue weighted by Crippen LogP contribution is 2.17. The van der Waals surface area contributed by atoms with Crippen molar-refractivity contribution in [3.8, 4) is 5.95 Å². The van der Waals surface area contributed by atoms with E-state index in [1.54, 1.807) is 36.3 Å². The Labute approximate surface area is 131 Å². The van der Waals surface area contributed by atoms with E-state index >= 15 is 0 Å². The van der Waals surface area contributed by atoms with Crippen molar-refractivity contribution in [1.82, 2.24) is 19.5 Å². The van der Waals surface area contributed by atoms with Gasteiger partial charge in [0.15, 0.2) is 0 Å². The molecule has 2 aromatic heterocycles. The molecule has 0 aliphatic carbocycles. The van der Waals surface area contributed by atoms with Gasteiger partial charge in [0.1, 0.15) is 12.1 Å². The van der Waals surface area contributed by atoms with E-state index in [1.165, 1.54) is 24.5 Å². The highest BCUT2D eigenvalue weighted by Gasteiger charge is 2.08. The Kier molecular flexibility index (Phi) is 3.96. The Hall–Kier alpha value is -3.29. The van der Waals surface area contributed by atoms with Crippen LogP contribution in [0.5, 0.6) is 0 Å². The zero-order chi connectivity index (χ0) is 16.2. The number of urea groups is 1. The molecule has 0 atom stereocenters. The zero-order valence-corrected chi connectivity index (χ0v) is 12.2. The fraction of sp³-hybridized carbons (Fsp3) is 0.0667. The Balaban J connectivity index is 1.67. The summed E-state index contributed by atoms with van der Waals surface area (Å²) in [5, 5.41) is 5.17. The summed E-state index contributed by atoms with van der Waals surface area (Å²) in [5.74, 6) is 0.0604. The van der Waals surface area contributed by atoms with Gasteiger partial charge in [0.25, 0.3) is 0 Å². The lowest BCUT2D eigenvalue weighted by Crippen LogP contribution is -2.20. The number of benzene rings is 1. The van der Waals surface area contributed by atoms with Crippen LogP contribution in [-0.2, 0) is 0 Å². The minimum absolute atomic E-state index is 0.370. The number of hydrogen-bond donors (Lipinski definition) is 2. The van der Waals surface area contributed by atoms with Crippen molar-refractivity contribution in [3.05, 3.63) is 60.7 Å². The molecule has 2 heterocycles. The van der Waals surface area contributed by atoms with Gasteiger partial charge in [0, 0.05) is 23.6 Å². The molecule has 2 N–H and O–H groups in total. The third kappa shape index (κ3) is 3.31. The van der Waals surface area contributed by atoms with Crippen molar-refractivity contribution in [2.45, 2.75) is 6.92 Å². The van der Waals surface area contributed by atoms with E-state index in [0.717, 1.165) is 0 Å². The lowest BCUT2D eigenvalue weighted by Gasteiger charge is -2.10. The van der Waals surface area contributed by atoms with Crippen molar-refractivity contribution in [1.29, 1.82) is 0 Å². The molecule has 0 aliphatic heterocycles. The first-order valence-electron chi connectivity index (χ1n) is 6.77. The predicted octanol–water partition coefficient (Wildman–Crippen LogP) is 2.75. The van der Waals surface area contributed by atoms with Crippen LogP contribution in [0, 0.1) is 12.7 Å². The third-order valence-corrected chi connectivity index (χ3v) is 3.15. The highest BCUT2D eigenvalue weighted by atomic mass is 19.1. The minimum Gasteiger partial charge on any atom is -0.307 e. The Bertz CT molecular complexity index is 816. The van der Waals surface area contributed by atoms with Crippen LogP contribution in [0.1, 0.15) is 5.56 Å². The summed E-state index contributed by atoms with van der Waals surface area (Å²) in [4.78, 5) is 24.1. The maximum Gasteiger partial charge on any atom is 0.323 e. The standard InChI is InChI=1S/C15H13FN6O/c1-10-12(16)3-2-4-13(10)21-15(23)20-11-7-18-14(19-8-11)22-6-5-17-9-22/h2-9H,1H3,(H2,20,21,23). The maximum atomic E-state index is 13.4. The van der Waals surface area contributed by atoms with Gasteiger partial charge in [0.05, 0.1) is 18.1 Å². The van der Waals surface area contributed by atoms with Crippen molar-refractivity contribution in [2.24, 2.45) is 0 Å². The van der Waals surface area contributed by atoms with E-state index < -0.39 is 6.03 Å². The van der Waals surface area contributed by atoms with Gasteiger partial charge < -0.3 is 10.6 Å². The number of halogens is 1. The van der Waals surface area contributed by atoms with Crippen molar-refractivity contribution in [3.63, 3.8) is 0 Å². The molecule has 0 fully saturated rings. The molecule has 2 amide bonds. The molecule has 0 saturated carbocycles. The molecule has 1 aromatic carbocycles. The summed E-state index contributed by atoms with van der Waals surface area (Å²) >= 11 is 0. The van der Waals surface area contributed by atoms with Crippen molar-refractivity contribution < 1.29 is 9.18 Å². The summed E-state index contributed by atoms with van der Waals surface area (Å²) < 4.78 is 15.1. The number of carbonyl (C=O) groups is 1. The van der Waals surface area contributed by atoms with E-state index in [9.17, 15) is 9.18 Å². The van der Waals surface area contributed by atoms with Crippen LogP contribution in [-0.4, -0.2) is 25.6 Å². The van der Waals surface area contributed by atoms with Gasteiger partial charge in [-0.2, -0.15) is 0 Å². The van der Waals surface area contributed by atoms with Crippen LogP contribution >= 0.6 is 0 Å². The molecule has 0 spiro atoms. The monoisotopic (exact) mass is 312 g/mol. The molecule has 116 valence electrons. The van der Waals surface area contributed by atoms with Crippen LogP contribution in [0.2, 0.25) is 0 Å². The lowest BCUT2D eigenvalue weighted by molar-refractivity contribution is 0.262. The topological polar surface area (TPSA) is 84.7 Å². The first-order chi connectivity index (χ1) is 11.1. The number of rotatable bonds is 3. The van der Waals surface area contributed by atoms with Gasteiger partial charge in [-0.05, 0) is 19.1 Å². The van der Waals surface area contributed by atoms with E-state index in [0.29, 0.717) is 22.9 Å². The molecule has 8 heteroatoms. The van der Waals surface area contributed by atoms with Gasteiger partial charge in [-0.25, -0.2) is 24.1 Å². The Morgan fingerprint density at radius 2 is 2.00 bits per heavy atom. The minimum atomic E-state index is -0.502. The number of carbonyl (C=O) groups excluding carboxylic acids is 1. The molecular formula is C15H13FN6O. The van der Waals surface area contributed by atoms with Gasteiger partial charge in [-0.1, -0.05) is 6.07 Å². The number of nitrogens with zero attached hydrogens (tertiary/aromatic N) is 4. The number of imidazole rings is 1. The van der Waals surface area contributed by atoms with Gasteiger partial charge >= 0.3 is 6.03 Å². The molecule has 3 rings (SSSR count). The second-order valence-corrected chi connectivity index (χ2v) is 4.73. The predicted molar refractivity (Wildman–Crippen MR) is 82.9 cm³/mol. The first kappa shape index (κ1) is 14.6. The fourth-order valence-corrected chi connectivity index (χ4v) is 1.92. The smallest absolute Gasteiger partial charge is 0.307 e. The largest absolute Gasteiger partial charge is 0.323 e. The normalized spacial score (nSPS) is 10.3. The Morgan fingerprint density at radius 1 is 1.22 bits per heavy atom. The average Bonchev–Trinajstić information content (AvgIpc) is 3.07. The first-order valence-corrected chi connectivity index (χ1v) is 6.77. The summed E-state index contributed by atoms with van der Waals surface area (Å²) in [7, 11) is 0. The number of anilines is 2. The molecular weight excluding hydrogens is 299 g/mol. The fourth-order valence-electron chi connectivity index (χ4n) is 1.92. The molecule has 0 unspecified atom stereocenters. The molecule has 0 bridgehead atoms. The van der Waals surface area contributed by atoms with Crippen LogP contribution in [0.3, 0.4) is 0 Å². The van der Waals surface area contributed by atoms with Crippen LogP contribution in [0.25, 0.3) is 5.95 Å². The summed E-state index contributed by atoms with van der Waals surface area (Å²) in [5.41, 5.74) is 1.19. The highest BCUT2D eigenvalue weighted by molar-refractivity contribution is 6.00. The molecule has 0 saturated heterocycles. The maximum absolute atomic E-state index is 13.4.